The molecule has 3 aliphatic rings. The van der Waals surface area contributed by atoms with Gasteiger partial charge in [-0.25, -0.2) is 9.18 Å². The molecular formula is C22H24FNO3. The number of ether oxygens (including phenoxy) is 1. The minimum absolute atomic E-state index is 0.194. The van der Waals surface area contributed by atoms with Crippen molar-refractivity contribution in [1.82, 2.24) is 4.90 Å². The van der Waals surface area contributed by atoms with Gasteiger partial charge in [0.05, 0.1) is 0 Å². The molecule has 2 bridgehead atoms. The normalized spacial score (nSPS) is 26.4. The summed E-state index contributed by atoms with van der Waals surface area (Å²) in [6.07, 6.45) is 1.85. The fraction of sp³-hybridized carbons (Fsp3) is 0.409. The molecule has 4 nitrogen and oxygen atoms in total. The molecule has 0 saturated carbocycles. The molecule has 1 N–H and O–H groups in total. The molecule has 3 heterocycles. The maximum absolute atomic E-state index is 13.2. The summed E-state index contributed by atoms with van der Waals surface area (Å²) in [7, 11) is 0. The fourth-order valence-electron chi connectivity index (χ4n) is 4.18. The molecule has 0 amide bonds. The Morgan fingerprint density at radius 2 is 1.70 bits per heavy atom. The topological polar surface area (TPSA) is 49.8 Å². The number of piperidine rings is 3. The van der Waals surface area contributed by atoms with E-state index >= 15 is 0 Å². The van der Waals surface area contributed by atoms with E-state index in [1.54, 1.807) is 48.5 Å². The van der Waals surface area contributed by atoms with Crippen LogP contribution in [0.3, 0.4) is 0 Å². The Hall–Kier alpha value is -2.24. The van der Waals surface area contributed by atoms with Gasteiger partial charge >= 0.3 is 5.97 Å². The van der Waals surface area contributed by atoms with Crippen molar-refractivity contribution < 1.29 is 19.0 Å². The molecule has 2 aromatic carbocycles. The first-order chi connectivity index (χ1) is 13.1. The van der Waals surface area contributed by atoms with Crippen LogP contribution in [0.2, 0.25) is 0 Å². The van der Waals surface area contributed by atoms with Crippen LogP contribution < -0.4 is 0 Å². The molecule has 142 valence electrons. The second-order valence-corrected chi connectivity index (χ2v) is 7.49. The average Bonchev–Trinajstić information content (AvgIpc) is 2.74. The van der Waals surface area contributed by atoms with Crippen molar-refractivity contribution in [3.05, 3.63) is 71.3 Å². The van der Waals surface area contributed by atoms with Crippen molar-refractivity contribution in [3.63, 3.8) is 0 Å². The van der Waals surface area contributed by atoms with Gasteiger partial charge in [0, 0.05) is 6.54 Å². The molecule has 3 fully saturated rings. The van der Waals surface area contributed by atoms with E-state index in [0.29, 0.717) is 22.6 Å². The van der Waals surface area contributed by atoms with Crippen LogP contribution in [0.4, 0.5) is 4.39 Å². The maximum Gasteiger partial charge on any atom is 0.348 e. The third-order valence-corrected chi connectivity index (χ3v) is 5.87. The van der Waals surface area contributed by atoms with Crippen molar-refractivity contribution in [2.24, 2.45) is 5.92 Å². The van der Waals surface area contributed by atoms with E-state index in [1.165, 1.54) is 0 Å². The first-order valence-corrected chi connectivity index (χ1v) is 9.48. The van der Waals surface area contributed by atoms with Gasteiger partial charge in [-0.3, -0.25) is 4.90 Å². The second-order valence-electron chi connectivity index (χ2n) is 7.49. The highest BCUT2D eigenvalue weighted by Crippen LogP contribution is 2.35. The van der Waals surface area contributed by atoms with Gasteiger partial charge in [0.2, 0.25) is 5.60 Å². The number of rotatable bonds is 5. The Balaban J connectivity index is 1.66. The molecule has 0 aliphatic carbocycles. The number of hydrogen-bond acceptors (Lipinski definition) is 4. The highest BCUT2D eigenvalue weighted by atomic mass is 18.2. The number of benzene rings is 2. The minimum atomic E-state index is -1.91. The number of fused-ring (bicyclic) bond motifs is 3. The Morgan fingerprint density at radius 1 is 1.07 bits per heavy atom. The lowest BCUT2D eigenvalue weighted by atomic mass is 9.84. The van der Waals surface area contributed by atoms with E-state index in [1.807, 2.05) is 6.07 Å². The number of halogens is 1. The minimum Gasteiger partial charge on any atom is -0.458 e. The molecule has 0 aromatic heterocycles. The van der Waals surface area contributed by atoms with Crippen molar-refractivity contribution >= 4 is 5.97 Å². The van der Waals surface area contributed by atoms with Crippen molar-refractivity contribution in [2.45, 2.75) is 31.2 Å². The molecule has 0 radical (unpaired) electrons. The largest absolute Gasteiger partial charge is 0.458 e. The summed E-state index contributed by atoms with van der Waals surface area (Å²) in [6.45, 7) is 2.23. The van der Waals surface area contributed by atoms with Gasteiger partial charge < -0.3 is 9.84 Å². The molecular weight excluding hydrogens is 344 g/mol. The number of carbonyl (C=O) groups is 1. The van der Waals surface area contributed by atoms with Crippen molar-refractivity contribution in [2.75, 3.05) is 19.6 Å². The summed E-state index contributed by atoms with van der Waals surface area (Å²) >= 11 is 0. The van der Waals surface area contributed by atoms with Crippen LogP contribution in [0.1, 0.15) is 29.5 Å². The van der Waals surface area contributed by atoms with Crippen LogP contribution in [0.25, 0.3) is 0 Å². The van der Waals surface area contributed by atoms with E-state index < -0.39 is 18.2 Å². The zero-order valence-corrected chi connectivity index (χ0v) is 15.2. The number of aliphatic hydroxyl groups is 1. The van der Waals surface area contributed by atoms with E-state index in [2.05, 4.69) is 4.90 Å². The van der Waals surface area contributed by atoms with Gasteiger partial charge in [-0.1, -0.05) is 54.6 Å². The molecule has 0 unspecified atom stereocenters. The summed E-state index contributed by atoms with van der Waals surface area (Å²) in [5.74, 6) is -0.312. The molecule has 2 atom stereocenters. The average molecular weight is 368 g/mol. The molecule has 5 rings (SSSR count). The number of nitrogens with zero attached hydrogens (tertiary/aromatic N) is 1. The smallest absolute Gasteiger partial charge is 0.348 e. The number of carbonyl (C=O) groups excluding carboxylic acids is 1. The standard InChI is InChI=1S/C22H24FNO3/c23-14-16-6-8-19(9-7-16)22(26,18-4-2-1-3-5-18)21(25)27-20-15-24-12-10-17(20)11-13-24/h1-9,17,20,26H,10-15H2/t20-,22-/m0/s1/i23-1. The van der Waals surface area contributed by atoms with E-state index in [9.17, 15) is 14.3 Å². The van der Waals surface area contributed by atoms with Gasteiger partial charge in [0.1, 0.15) is 12.8 Å². The highest BCUT2D eigenvalue weighted by Gasteiger charge is 2.45. The van der Waals surface area contributed by atoms with Gasteiger partial charge in [-0.05, 0) is 48.5 Å². The molecule has 3 saturated heterocycles. The predicted octanol–water partition coefficient (Wildman–Crippen LogP) is 3.03. The van der Waals surface area contributed by atoms with E-state index in [4.69, 9.17) is 4.74 Å². The molecule has 2 aromatic rings. The predicted molar refractivity (Wildman–Crippen MR) is 99.7 cm³/mol. The lowest BCUT2D eigenvalue weighted by molar-refractivity contribution is -0.177. The van der Waals surface area contributed by atoms with Crippen molar-refractivity contribution in [3.8, 4) is 0 Å². The number of esters is 1. The van der Waals surface area contributed by atoms with E-state index in [0.717, 1.165) is 32.5 Å². The van der Waals surface area contributed by atoms with Crippen LogP contribution in [-0.4, -0.2) is 41.7 Å². The van der Waals surface area contributed by atoms with Crippen LogP contribution in [0, 0.1) is 5.92 Å². The SMILES string of the molecule is O=C(O[C@H]1CN2CCC1CC2)[C@](O)(c1ccccc1)c1ccc(C[18F])cc1. The van der Waals surface area contributed by atoms with Gasteiger partial charge in [0.15, 0.2) is 0 Å². The summed E-state index contributed by atoms with van der Waals surface area (Å²) < 4.78 is 18.7. The van der Waals surface area contributed by atoms with E-state index in [-0.39, 0.29) is 6.10 Å². The quantitative estimate of drug-likeness (QED) is 0.825. The zero-order valence-electron chi connectivity index (χ0n) is 15.2. The number of hydrogen-bond donors (Lipinski definition) is 1. The first-order valence-electron chi connectivity index (χ1n) is 9.48. The Morgan fingerprint density at radius 3 is 2.26 bits per heavy atom. The van der Waals surface area contributed by atoms with Gasteiger partial charge in [-0.15, -0.1) is 0 Å². The van der Waals surface area contributed by atoms with Crippen LogP contribution in [-0.2, 0) is 21.8 Å². The van der Waals surface area contributed by atoms with Crippen LogP contribution in [0.5, 0.6) is 0 Å². The highest BCUT2D eigenvalue weighted by molar-refractivity contribution is 5.85. The van der Waals surface area contributed by atoms with Crippen LogP contribution in [0.15, 0.2) is 54.6 Å². The summed E-state index contributed by atoms with van der Waals surface area (Å²) in [4.78, 5) is 15.5. The van der Waals surface area contributed by atoms with Crippen LogP contribution >= 0.6 is 0 Å². The number of alkyl halides is 1. The molecule has 3 aliphatic heterocycles. The molecule has 0 spiro atoms. The maximum atomic E-state index is 13.2. The first kappa shape index (κ1) is 18.1. The lowest BCUT2D eigenvalue weighted by Gasteiger charge is -2.44. The van der Waals surface area contributed by atoms with Gasteiger partial charge in [0.25, 0.3) is 0 Å². The third kappa shape index (κ3) is 3.37. The molecule has 27 heavy (non-hydrogen) atoms. The Labute approximate surface area is 158 Å². The monoisotopic (exact) mass is 368 g/mol. The molecule has 5 heteroatoms. The second kappa shape index (κ2) is 7.41. The Bertz CT molecular complexity index is 787. The van der Waals surface area contributed by atoms with Gasteiger partial charge in [-0.2, -0.15) is 0 Å². The Kier molecular flexibility index (Phi) is 4.98. The lowest BCUT2D eigenvalue weighted by Crippen LogP contribution is -2.53. The third-order valence-electron chi connectivity index (χ3n) is 5.87. The summed E-state index contributed by atoms with van der Waals surface area (Å²) in [5.41, 5.74) is -0.580. The fourth-order valence-corrected chi connectivity index (χ4v) is 4.18. The summed E-state index contributed by atoms with van der Waals surface area (Å²) in [6, 6.07) is 15.2. The summed E-state index contributed by atoms with van der Waals surface area (Å²) in [5, 5.41) is 11.5. The zero-order chi connectivity index (χ0) is 18.9. The van der Waals surface area contributed by atoms with Crippen molar-refractivity contribution in [1.29, 1.82) is 0 Å².